The van der Waals surface area contributed by atoms with Crippen molar-refractivity contribution >= 4 is 15.8 Å². The van der Waals surface area contributed by atoms with E-state index in [4.69, 9.17) is 4.18 Å². The van der Waals surface area contributed by atoms with Crippen molar-refractivity contribution < 1.29 is 17.5 Å². The van der Waals surface area contributed by atoms with Crippen molar-refractivity contribution in [2.75, 3.05) is 0 Å². The third kappa shape index (κ3) is 3.71. The Bertz CT molecular complexity index is 869. The fourth-order valence-electron chi connectivity index (χ4n) is 1.91. The first-order valence-corrected chi connectivity index (χ1v) is 7.89. The van der Waals surface area contributed by atoms with Gasteiger partial charge in [-0.15, -0.1) is 0 Å². The molecular formula is C15H12N2O5S. The second-order valence-corrected chi connectivity index (χ2v) is 6.26. The second kappa shape index (κ2) is 6.56. The molecular weight excluding hydrogens is 320 g/mol. The summed E-state index contributed by atoms with van der Waals surface area (Å²) >= 11 is 0. The molecule has 8 heteroatoms. The topological polar surface area (TPSA) is 110 Å². The van der Waals surface area contributed by atoms with E-state index in [-0.39, 0.29) is 16.1 Å². The molecule has 0 N–H and O–H groups in total. The van der Waals surface area contributed by atoms with E-state index in [0.29, 0.717) is 0 Å². The molecule has 0 unspecified atom stereocenters. The Labute approximate surface area is 133 Å². The van der Waals surface area contributed by atoms with Crippen LogP contribution in [-0.4, -0.2) is 13.3 Å². The van der Waals surface area contributed by atoms with Gasteiger partial charge in [0.15, 0.2) is 6.10 Å². The highest BCUT2D eigenvalue weighted by molar-refractivity contribution is 7.86. The van der Waals surface area contributed by atoms with E-state index in [1.807, 2.05) is 0 Å². The lowest BCUT2D eigenvalue weighted by Gasteiger charge is -2.11. The van der Waals surface area contributed by atoms with E-state index in [9.17, 15) is 23.8 Å². The van der Waals surface area contributed by atoms with Crippen LogP contribution in [0.3, 0.4) is 0 Å². The van der Waals surface area contributed by atoms with Gasteiger partial charge in [0, 0.05) is 6.07 Å². The molecule has 0 bridgehead atoms. The molecule has 0 saturated carbocycles. The zero-order valence-corrected chi connectivity index (χ0v) is 12.9. The average molecular weight is 332 g/mol. The van der Waals surface area contributed by atoms with E-state index >= 15 is 0 Å². The smallest absolute Gasteiger partial charge is 0.258 e. The molecule has 0 amide bonds. The van der Waals surface area contributed by atoms with Gasteiger partial charge in [-0.3, -0.25) is 10.1 Å². The summed E-state index contributed by atoms with van der Waals surface area (Å²) in [6, 6.07) is 12.9. The van der Waals surface area contributed by atoms with Gasteiger partial charge < -0.3 is 0 Å². The van der Waals surface area contributed by atoms with E-state index in [1.54, 1.807) is 25.1 Å². The predicted octanol–water partition coefficient (Wildman–Crippen LogP) is 2.87. The first-order valence-electron chi connectivity index (χ1n) is 6.48. The zero-order valence-electron chi connectivity index (χ0n) is 12.0. The average Bonchev–Trinajstić information content (AvgIpc) is 2.53. The Kier molecular flexibility index (Phi) is 4.74. The summed E-state index contributed by atoms with van der Waals surface area (Å²) in [6.45, 7) is 1.79. The van der Waals surface area contributed by atoms with E-state index in [2.05, 4.69) is 0 Å². The number of benzene rings is 2. The molecule has 0 aromatic heterocycles. The van der Waals surface area contributed by atoms with E-state index < -0.39 is 21.1 Å². The summed E-state index contributed by atoms with van der Waals surface area (Å²) < 4.78 is 29.3. The SMILES string of the molecule is Cc1ccc(S(=O)(=O)O[C@H](C#N)c2ccccc2[N+](=O)[O-])cc1. The summed E-state index contributed by atoms with van der Waals surface area (Å²) in [4.78, 5) is 10.2. The fourth-order valence-corrected chi connectivity index (χ4v) is 2.89. The Morgan fingerprint density at radius 2 is 1.78 bits per heavy atom. The molecule has 118 valence electrons. The molecule has 23 heavy (non-hydrogen) atoms. The molecule has 0 aliphatic carbocycles. The number of nitro benzene ring substituents is 1. The summed E-state index contributed by atoms with van der Waals surface area (Å²) in [5.41, 5.74) is 0.369. The van der Waals surface area contributed by atoms with Crippen LogP contribution in [0.2, 0.25) is 0 Å². The number of nitriles is 1. The Balaban J connectivity index is 2.39. The summed E-state index contributed by atoms with van der Waals surface area (Å²) in [5, 5.41) is 20.2. The van der Waals surface area contributed by atoms with Crippen LogP contribution in [0.5, 0.6) is 0 Å². The van der Waals surface area contributed by atoms with Crippen LogP contribution in [0, 0.1) is 28.4 Å². The molecule has 0 saturated heterocycles. The maximum atomic E-state index is 12.2. The van der Waals surface area contributed by atoms with Crippen molar-refractivity contribution in [3.05, 3.63) is 69.8 Å². The third-order valence-corrected chi connectivity index (χ3v) is 4.36. The van der Waals surface area contributed by atoms with Gasteiger partial charge in [-0.2, -0.15) is 13.7 Å². The number of nitro groups is 1. The van der Waals surface area contributed by atoms with Crippen LogP contribution >= 0.6 is 0 Å². The van der Waals surface area contributed by atoms with Crippen LogP contribution in [0.25, 0.3) is 0 Å². The lowest BCUT2D eigenvalue weighted by atomic mass is 10.1. The Hall–Kier alpha value is -2.76. The van der Waals surface area contributed by atoms with Crippen LogP contribution in [0.4, 0.5) is 5.69 Å². The molecule has 0 aliphatic rings. The summed E-state index contributed by atoms with van der Waals surface area (Å²) in [6.07, 6.45) is -1.61. The van der Waals surface area contributed by atoms with Crippen molar-refractivity contribution in [2.45, 2.75) is 17.9 Å². The van der Waals surface area contributed by atoms with Crippen LogP contribution in [0.15, 0.2) is 53.4 Å². The van der Waals surface area contributed by atoms with Gasteiger partial charge in [0.1, 0.15) is 6.07 Å². The molecule has 2 aromatic carbocycles. The second-order valence-electron chi connectivity index (χ2n) is 4.69. The number of hydrogen-bond donors (Lipinski definition) is 0. The minimum absolute atomic E-state index is 0.115. The van der Waals surface area contributed by atoms with Gasteiger partial charge in [0.05, 0.1) is 15.4 Å². The van der Waals surface area contributed by atoms with Crippen molar-refractivity contribution in [1.29, 1.82) is 5.26 Å². The number of hydrogen-bond acceptors (Lipinski definition) is 6. The monoisotopic (exact) mass is 332 g/mol. The molecule has 7 nitrogen and oxygen atoms in total. The van der Waals surface area contributed by atoms with Crippen molar-refractivity contribution in [1.82, 2.24) is 0 Å². The first kappa shape index (κ1) is 16.6. The molecule has 0 aliphatic heterocycles. The molecule has 0 radical (unpaired) electrons. The molecule has 2 rings (SSSR count). The number of nitrogens with zero attached hydrogens (tertiary/aromatic N) is 2. The zero-order chi connectivity index (χ0) is 17.0. The minimum Gasteiger partial charge on any atom is -0.258 e. The van der Waals surface area contributed by atoms with Gasteiger partial charge in [-0.05, 0) is 25.1 Å². The molecule has 0 spiro atoms. The molecule has 0 heterocycles. The van der Waals surface area contributed by atoms with Crippen molar-refractivity contribution in [3.8, 4) is 6.07 Å². The quantitative estimate of drug-likeness (QED) is 0.473. The van der Waals surface area contributed by atoms with Gasteiger partial charge >= 0.3 is 0 Å². The van der Waals surface area contributed by atoms with E-state index in [0.717, 1.165) is 5.56 Å². The lowest BCUT2D eigenvalue weighted by molar-refractivity contribution is -0.385. The molecule has 0 fully saturated rings. The van der Waals surface area contributed by atoms with Gasteiger partial charge in [0.2, 0.25) is 0 Å². The first-order chi connectivity index (χ1) is 10.8. The maximum absolute atomic E-state index is 12.2. The highest BCUT2D eigenvalue weighted by Gasteiger charge is 2.28. The van der Waals surface area contributed by atoms with Crippen LogP contribution < -0.4 is 0 Å². The van der Waals surface area contributed by atoms with Crippen molar-refractivity contribution in [3.63, 3.8) is 0 Å². The molecule has 2 aromatic rings. The number of aryl methyl sites for hydroxylation is 1. The fraction of sp³-hybridized carbons (Fsp3) is 0.133. The Morgan fingerprint density at radius 1 is 1.17 bits per heavy atom. The van der Waals surface area contributed by atoms with Crippen LogP contribution in [0.1, 0.15) is 17.2 Å². The van der Waals surface area contributed by atoms with Gasteiger partial charge in [0.25, 0.3) is 15.8 Å². The predicted molar refractivity (Wildman–Crippen MR) is 80.9 cm³/mol. The maximum Gasteiger partial charge on any atom is 0.298 e. The van der Waals surface area contributed by atoms with Crippen molar-refractivity contribution in [2.24, 2.45) is 0 Å². The van der Waals surface area contributed by atoms with E-state index in [1.165, 1.54) is 36.4 Å². The highest BCUT2D eigenvalue weighted by atomic mass is 32.2. The van der Waals surface area contributed by atoms with Gasteiger partial charge in [-0.25, -0.2) is 4.18 Å². The Morgan fingerprint density at radius 3 is 2.35 bits per heavy atom. The lowest BCUT2D eigenvalue weighted by Crippen LogP contribution is -2.12. The van der Waals surface area contributed by atoms with Gasteiger partial charge in [-0.1, -0.05) is 29.8 Å². The summed E-state index contributed by atoms with van der Waals surface area (Å²) in [7, 11) is -4.22. The number of rotatable bonds is 5. The number of para-hydroxylation sites is 1. The third-order valence-electron chi connectivity index (χ3n) is 3.07. The summed E-state index contributed by atoms with van der Waals surface area (Å²) in [5.74, 6) is 0. The normalized spacial score (nSPS) is 12.3. The largest absolute Gasteiger partial charge is 0.298 e. The standard InChI is InChI=1S/C15H12N2O5S/c1-11-6-8-12(9-7-11)23(20,21)22-15(10-16)13-4-2-3-5-14(13)17(18)19/h2-9,15H,1H3/t15-/m1/s1. The molecule has 1 atom stereocenters. The highest BCUT2D eigenvalue weighted by Crippen LogP contribution is 2.29. The minimum atomic E-state index is -4.22. The van der Waals surface area contributed by atoms with Crippen LogP contribution in [-0.2, 0) is 14.3 Å².